The van der Waals surface area contributed by atoms with Crippen molar-refractivity contribution in [1.29, 1.82) is 0 Å². The molecule has 1 aromatic carbocycles. The van der Waals surface area contributed by atoms with E-state index >= 15 is 0 Å². The maximum Gasteiger partial charge on any atom is 0.245 e. The van der Waals surface area contributed by atoms with E-state index in [1.165, 1.54) is 0 Å². The smallest absolute Gasteiger partial charge is 0.245 e. The number of nitrogens with one attached hydrogen (secondary N) is 1. The number of aromatic amines is 1. The van der Waals surface area contributed by atoms with Gasteiger partial charge in [0.05, 0.1) is 17.6 Å². The number of benzene rings is 1. The molecule has 2 aromatic heterocycles. The molecule has 0 saturated heterocycles. The van der Waals surface area contributed by atoms with Gasteiger partial charge in [-0.05, 0) is 36.9 Å². The van der Waals surface area contributed by atoms with Gasteiger partial charge in [-0.1, -0.05) is 12.1 Å². The second-order valence-electron chi connectivity index (χ2n) is 5.43. The summed E-state index contributed by atoms with van der Waals surface area (Å²) >= 11 is 1.03. The zero-order valence-electron chi connectivity index (χ0n) is 14.1. The van der Waals surface area contributed by atoms with Crippen molar-refractivity contribution in [2.45, 2.75) is 18.5 Å². The van der Waals surface area contributed by atoms with Crippen LogP contribution in [0.1, 0.15) is 22.5 Å². The maximum atomic E-state index is 12.6. The van der Waals surface area contributed by atoms with Crippen molar-refractivity contribution >= 4 is 27.9 Å². The molecule has 0 aliphatic carbocycles. The Morgan fingerprint density at radius 1 is 1.24 bits per heavy atom. The van der Waals surface area contributed by atoms with Gasteiger partial charge in [-0.25, -0.2) is 4.98 Å². The third-order valence-electron chi connectivity index (χ3n) is 3.66. The summed E-state index contributed by atoms with van der Waals surface area (Å²) in [4.78, 5) is 24.4. The summed E-state index contributed by atoms with van der Waals surface area (Å²) < 4.78 is 10.7. The molecule has 0 amide bonds. The summed E-state index contributed by atoms with van der Waals surface area (Å²) in [6.07, 6.45) is 2.38. The SMILES string of the molecule is COCCCOc1ccnc(C(=O)Sc2nc3ccccc3[nH]2)c1C. The summed E-state index contributed by atoms with van der Waals surface area (Å²) in [7, 11) is 1.66. The van der Waals surface area contributed by atoms with E-state index in [-0.39, 0.29) is 5.12 Å². The third kappa shape index (κ3) is 4.18. The summed E-state index contributed by atoms with van der Waals surface area (Å²) in [5.41, 5.74) is 2.85. The molecule has 0 aliphatic heterocycles. The number of para-hydroxylation sites is 2. The van der Waals surface area contributed by atoms with Crippen molar-refractivity contribution < 1.29 is 14.3 Å². The van der Waals surface area contributed by atoms with Crippen LogP contribution < -0.4 is 4.74 Å². The normalized spacial score (nSPS) is 11.0. The number of hydrogen-bond acceptors (Lipinski definition) is 6. The van der Waals surface area contributed by atoms with Crippen molar-refractivity contribution in [3.63, 3.8) is 0 Å². The molecule has 1 N–H and O–H groups in total. The van der Waals surface area contributed by atoms with E-state index in [0.717, 1.165) is 34.8 Å². The van der Waals surface area contributed by atoms with Gasteiger partial charge in [-0.15, -0.1) is 0 Å². The van der Waals surface area contributed by atoms with Crippen LogP contribution in [0.3, 0.4) is 0 Å². The van der Waals surface area contributed by atoms with Crippen molar-refractivity contribution in [3.8, 4) is 5.75 Å². The fraction of sp³-hybridized carbons (Fsp3) is 0.278. The molecule has 0 radical (unpaired) electrons. The van der Waals surface area contributed by atoms with Gasteiger partial charge in [-0.3, -0.25) is 9.78 Å². The van der Waals surface area contributed by atoms with Gasteiger partial charge in [0, 0.05) is 31.9 Å². The van der Waals surface area contributed by atoms with Gasteiger partial charge in [0.25, 0.3) is 0 Å². The predicted molar refractivity (Wildman–Crippen MR) is 97.2 cm³/mol. The number of pyridine rings is 1. The molecule has 130 valence electrons. The zero-order valence-corrected chi connectivity index (χ0v) is 14.9. The fourth-order valence-electron chi connectivity index (χ4n) is 2.38. The number of ether oxygens (including phenoxy) is 2. The standard InChI is InChI=1S/C18H19N3O3S/c1-12-15(24-11-5-10-23-2)8-9-19-16(12)17(22)25-18-20-13-6-3-4-7-14(13)21-18/h3-4,6-9H,5,10-11H2,1-2H3,(H,20,21). The number of carbonyl (C=O) groups is 1. The highest BCUT2D eigenvalue weighted by atomic mass is 32.2. The first kappa shape index (κ1) is 17.4. The fourth-order valence-corrected chi connectivity index (χ4v) is 3.16. The number of carbonyl (C=O) groups excluding carboxylic acids is 1. The lowest BCUT2D eigenvalue weighted by Crippen LogP contribution is -2.06. The minimum atomic E-state index is -0.168. The van der Waals surface area contributed by atoms with E-state index < -0.39 is 0 Å². The third-order valence-corrected chi connectivity index (χ3v) is 4.42. The Hall–Kier alpha value is -2.38. The number of rotatable bonds is 7. The number of fused-ring (bicyclic) bond motifs is 1. The molecular weight excluding hydrogens is 338 g/mol. The molecule has 6 nitrogen and oxygen atoms in total. The molecule has 7 heteroatoms. The molecule has 3 rings (SSSR count). The number of methoxy groups -OCH3 is 1. The number of nitrogens with zero attached hydrogens (tertiary/aromatic N) is 2. The van der Waals surface area contributed by atoms with Gasteiger partial charge >= 0.3 is 0 Å². The van der Waals surface area contributed by atoms with Gasteiger partial charge in [0.2, 0.25) is 5.12 Å². The van der Waals surface area contributed by atoms with Crippen LogP contribution in [0, 0.1) is 6.92 Å². The molecule has 0 saturated carbocycles. The quantitative estimate of drug-likeness (QED) is 0.514. The first-order chi connectivity index (χ1) is 12.2. The summed E-state index contributed by atoms with van der Waals surface area (Å²) in [6, 6.07) is 9.43. The topological polar surface area (TPSA) is 77.1 Å². The number of imidazole rings is 1. The Kier molecular flexibility index (Phi) is 5.67. The van der Waals surface area contributed by atoms with Crippen LogP contribution in [-0.2, 0) is 4.74 Å². The van der Waals surface area contributed by atoms with Crippen molar-refractivity contribution in [1.82, 2.24) is 15.0 Å². The van der Waals surface area contributed by atoms with E-state index in [0.29, 0.717) is 29.8 Å². The van der Waals surface area contributed by atoms with Crippen LogP contribution in [0.5, 0.6) is 5.75 Å². The highest BCUT2D eigenvalue weighted by Gasteiger charge is 2.17. The van der Waals surface area contributed by atoms with Crippen LogP contribution in [-0.4, -0.2) is 40.4 Å². The Morgan fingerprint density at radius 2 is 2.08 bits per heavy atom. The van der Waals surface area contributed by atoms with E-state index in [4.69, 9.17) is 9.47 Å². The Bertz CT molecular complexity index is 846. The number of thioether (sulfide) groups is 1. The highest BCUT2D eigenvalue weighted by molar-refractivity contribution is 8.14. The second kappa shape index (κ2) is 8.13. The summed E-state index contributed by atoms with van der Waals surface area (Å²) in [6.45, 7) is 3.01. The Morgan fingerprint density at radius 3 is 2.88 bits per heavy atom. The molecule has 0 atom stereocenters. The van der Waals surface area contributed by atoms with E-state index in [9.17, 15) is 4.79 Å². The van der Waals surface area contributed by atoms with E-state index in [1.54, 1.807) is 19.4 Å². The largest absolute Gasteiger partial charge is 0.493 e. The summed E-state index contributed by atoms with van der Waals surface area (Å²) in [5, 5.41) is 0.387. The van der Waals surface area contributed by atoms with E-state index in [1.807, 2.05) is 31.2 Å². The summed E-state index contributed by atoms with van der Waals surface area (Å²) in [5.74, 6) is 0.666. The van der Waals surface area contributed by atoms with Crippen LogP contribution in [0.2, 0.25) is 0 Å². The molecule has 2 heterocycles. The van der Waals surface area contributed by atoms with Gasteiger partial charge in [0.15, 0.2) is 5.16 Å². The lowest BCUT2D eigenvalue weighted by molar-refractivity contribution is 0.108. The van der Waals surface area contributed by atoms with E-state index in [2.05, 4.69) is 15.0 Å². The Labute approximate surface area is 150 Å². The van der Waals surface area contributed by atoms with Crippen molar-refractivity contribution in [2.75, 3.05) is 20.3 Å². The first-order valence-electron chi connectivity index (χ1n) is 7.93. The maximum absolute atomic E-state index is 12.6. The molecule has 25 heavy (non-hydrogen) atoms. The first-order valence-corrected chi connectivity index (χ1v) is 8.75. The van der Waals surface area contributed by atoms with Crippen molar-refractivity contribution in [2.24, 2.45) is 0 Å². The number of aromatic nitrogens is 3. The molecule has 0 spiro atoms. The number of H-pyrrole nitrogens is 1. The monoisotopic (exact) mass is 357 g/mol. The van der Waals surface area contributed by atoms with Crippen molar-refractivity contribution in [3.05, 3.63) is 47.8 Å². The van der Waals surface area contributed by atoms with Crippen LogP contribution >= 0.6 is 11.8 Å². The number of hydrogen-bond donors (Lipinski definition) is 1. The molecular formula is C18H19N3O3S. The zero-order chi connectivity index (χ0) is 17.6. The van der Waals surface area contributed by atoms with Gasteiger partial charge in [0.1, 0.15) is 11.4 Å². The van der Waals surface area contributed by atoms with Crippen LogP contribution in [0.15, 0.2) is 41.7 Å². The van der Waals surface area contributed by atoms with Crippen LogP contribution in [0.25, 0.3) is 11.0 Å². The highest BCUT2D eigenvalue weighted by Crippen LogP contribution is 2.27. The lowest BCUT2D eigenvalue weighted by Gasteiger charge is -2.10. The molecule has 0 fully saturated rings. The molecule has 0 bridgehead atoms. The molecule has 0 aliphatic rings. The Balaban J connectivity index is 1.73. The minimum Gasteiger partial charge on any atom is -0.493 e. The molecule has 3 aromatic rings. The average molecular weight is 357 g/mol. The van der Waals surface area contributed by atoms with Crippen LogP contribution in [0.4, 0.5) is 0 Å². The average Bonchev–Trinajstić information content (AvgIpc) is 3.02. The minimum absolute atomic E-state index is 0.168. The lowest BCUT2D eigenvalue weighted by atomic mass is 10.2. The predicted octanol–water partition coefficient (Wildman–Crippen LogP) is 3.61. The van der Waals surface area contributed by atoms with Gasteiger partial charge < -0.3 is 14.5 Å². The second-order valence-corrected chi connectivity index (χ2v) is 6.39. The molecule has 0 unspecified atom stereocenters. The van der Waals surface area contributed by atoms with Gasteiger partial charge in [-0.2, -0.15) is 0 Å².